The average molecular weight is 380 g/mol. The van der Waals surface area contributed by atoms with Crippen molar-refractivity contribution < 1.29 is 9.59 Å². The molecule has 1 heterocycles. The first-order valence-electron chi connectivity index (χ1n) is 10.2. The Labute approximate surface area is 167 Å². The highest BCUT2D eigenvalue weighted by Crippen LogP contribution is 2.22. The van der Waals surface area contributed by atoms with Gasteiger partial charge in [0.2, 0.25) is 0 Å². The van der Waals surface area contributed by atoms with Crippen LogP contribution in [0.25, 0.3) is 0 Å². The van der Waals surface area contributed by atoms with E-state index in [0.29, 0.717) is 11.4 Å². The van der Waals surface area contributed by atoms with E-state index in [9.17, 15) is 9.59 Å². The molecule has 1 aliphatic heterocycles. The van der Waals surface area contributed by atoms with Crippen LogP contribution in [0.15, 0.2) is 48.5 Å². The molecule has 0 bridgehead atoms. The van der Waals surface area contributed by atoms with Crippen LogP contribution in [0.4, 0.5) is 17.1 Å². The summed E-state index contributed by atoms with van der Waals surface area (Å²) < 4.78 is 0. The van der Waals surface area contributed by atoms with E-state index < -0.39 is 11.8 Å². The van der Waals surface area contributed by atoms with Gasteiger partial charge in [0.15, 0.2) is 0 Å². The molecule has 2 aromatic carbocycles. The lowest BCUT2D eigenvalue weighted by Crippen LogP contribution is -2.30. The zero-order valence-electron chi connectivity index (χ0n) is 16.5. The SMILES string of the molecule is CCCCc1ccc(NC(=O)C(=O)Nc2ccc(N3CCCCC3)cc2)cc1. The molecule has 1 aliphatic rings. The minimum Gasteiger partial charge on any atom is -0.372 e. The third-order valence-corrected chi connectivity index (χ3v) is 5.08. The molecule has 3 rings (SSSR count). The molecule has 0 saturated carbocycles. The number of nitrogens with zero attached hydrogens (tertiary/aromatic N) is 1. The molecule has 5 nitrogen and oxygen atoms in total. The predicted molar refractivity (Wildman–Crippen MR) is 115 cm³/mol. The fraction of sp³-hybridized carbons (Fsp3) is 0.391. The number of hydrogen-bond acceptors (Lipinski definition) is 3. The minimum absolute atomic E-state index is 0.621. The van der Waals surface area contributed by atoms with Gasteiger partial charge >= 0.3 is 11.8 Å². The maximum Gasteiger partial charge on any atom is 0.314 e. The topological polar surface area (TPSA) is 61.4 Å². The maximum atomic E-state index is 12.2. The fourth-order valence-electron chi connectivity index (χ4n) is 3.42. The van der Waals surface area contributed by atoms with Crippen molar-refractivity contribution in [2.75, 3.05) is 28.6 Å². The van der Waals surface area contributed by atoms with E-state index in [-0.39, 0.29) is 0 Å². The van der Waals surface area contributed by atoms with Gasteiger partial charge in [0.1, 0.15) is 0 Å². The van der Waals surface area contributed by atoms with E-state index in [2.05, 4.69) is 22.5 Å². The number of benzene rings is 2. The number of aryl methyl sites for hydroxylation is 1. The second-order valence-electron chi connectivity index (χ2n) is 7.30. The van der Waals surface area contributed by atoms with Crippen LogP contribution in [-0.2, 0) is 16.0 Å². The van der Waals surface area contributed by atoms with Gasteiger partial charge in [-0.1, -0.05) is 25.5 Å². The molecular weight excluding hydrogens is 350 g/mol. The van der Waals surface area contributed by atoms with E-state index in [1.807, 2.05) is 48.5 Å². The zero-order chi connectivity index (χ0) is 19.8. The molecule has 2 amide bonds. The van der Waals surface area contributed by atoms with Gasteiger partial charge in [-0.05, 0) is 74.1 Å². The Morgan fingerprint density at radius 3 is 1.89 bits per heavy atom. The van der Waals surface area contributed by atoms with Gasteiger partial charge in [0.25, 0.3) is 0 Å². The molecule has 5 heteroatoms. The molecule has 28 heavy (non-hydrogen) atoms. The molecule has 1 saturated heterocycles. The van der Waals surface area contributed by atoms with Crippen molar-refractivity contribution >= 4 is 28.9 Å². The number of rotatable bonds is 6. The largest absolute Gasteiger partial charge is 0.372 e. The van der Waals surface area contributed by atoms with Crippen molar-refractivity contribution in [2.45, 2.75) is 45.4 Å². The Bertz CT molecular complexity index is 778. The van der Waals surface area contributed by atoms with Crippen molar-refractivity contribution in [1.82, 2.24) is 0 Å². The smallest absolute Gasteiger partial charge is 0.314 e. The standard InChI is InChI=1S/C23H29N3O2/c1-2-3-7-18-8-10-19(11-9-18)24-22(27)23(28)25-20-12-14-21(15-13-20)26-16-5-4-6-17-26/h8-15H,2-7,16-17H2,1H3,(H,24,27)(H,25,28). The molecular formula is C23H29N3O2. The lowest BCUT2D eigenvalue weighted by atomic mass is 10.1. The summed E-state index contributed by atoms with van der Waals surface area (Å²) in [6, 6.07) is 15.3. The van der Waals surface area contributed by atoms with Crippen molar-refractivity contribution in [1.29, 1.82) is 0 Å². The molecule has 0 unspecified atom stereocenters. The molecule has 0 spiro atoms. The number of carbonyl (C=O) groups is 2. The highest BCUT2D eigenvalue weighted by atomic mass is 16.2. The van der Waals surface area contributed by atoms with E-state index in [1.54, 1.807) is 0 Å². The zero-order valence-corrected chi connectivity index (χ0v) is 16.5. The number of carbonyl (C=O) groups excluding carboxylic acids is 2. The Morgan fingerprint density at radius 2 is 1.36 bits per heavy atom. The minimum atomic E-state index is -0.666. The van der Waals surface area contributed by atoms with Gasteiger partial charge in [0.05, 0.1) is 0 Å². The van der Waals surface area contributed by atoms with E-state index in [1.165, 1.54) is 24.8 Å². The summed E-state index contributed by atoms with van der Waals surface area (Å²) in [5.74, 6) is -1.33. The van der Waals surface area contributed by atoms with E-state index in [4.69, 9.17) is 0 Å². The first-order chi connectivity index (χ1) is 13.7. The summed E-state index contributed by atoms with van der Waals surface area (Å²) in [6.07, 6.45) is 7.05. The highest BCUT2D eigenvalue weighted by Gasteiger charge is 2.15. The predicted octanol–water partition coefficient (Wildman–Crippen LogP) is 4.60. The fourth-order valence-corrected chi connectivity index (χ4v) is 3.42. The average Bonchev–Trinajstić information content (AvgIpc) is 2.74. The van der Waals surface area contributed by atoms with Crippen molar-refractivity contribution in [3.05, 3.63) is 54.1 Å². The molecule has 0 atom stereocenters. The molecule has 2 aromatic rings. The number of nitrogens with one attached hydrogen (secondary N) is 2. The third-order valence-electron chi connectivity index (χ3n) is 5.08. The summed E-state index contributed by atoms with van der Waals surface area (Å²) in [5.41, 5.74) is 3.64. The number of anilines is 3. The Hall–Kier alpha value is -2.82. The molecule has 0 aromatic heterocycles. The summed E-state index contributed by atoms with van der Waals surface area (Å²) in [4.78, 5) is 26.7. The maximum absolute atomic E-state index is 12.2. The van der Waals surface area contributed by atoms with Crippen LogP contribution in [0.3, 0.4) is 0 Å². The molecule has 2 N–H and O–H groups in total. The normalized spacial score (nSPS) is 13.8. The lowest BCUT2D eigenvalue weighted by Gasteiger charge is -2.28. The Balaban J connectivity index is 1.51. The Morgan fingerprint density at radius 1 is 0.821 bits per heavy atom. The molecule has 1 fully saturated rings. The van der Waals surface area contributed by atoms with Gasteiger partial charge in [-0.25, -0.2) is 0 Å². The van der Waals surface area contributed by atoms with Crippen LogP contribution >= 0.6 is 0 Å². The van der Waals surface area contributed by atoms with Crippen LogP contribution < -0.4 is 15.5 Å². The number of hydrogen-bond donors (Lipinski definition) is 2. The lowest BCUT2D eigenvalue weighted by molar-refractivity contribution is -0.132. The van der Waals surface area contributed by atoms with Gasteiger partial charge in [-0.2, -0.15) is 0 Å². The highest BCUT2D eigenvalue weighted by molar-refractivity contribution is 6.43. The number of piperidine rings is 1. The first-order valence-corrected chi connectivity index (χ1v) is 10.2. The second-order valence-corrected chi connectivity index (χ2v) is 7.30. The van der Waals surface area contributed by atoms with Gasteiger partial charge in [-0.15, -0.1) is 0 Å². The van der Waals surface area contributed by atoms with E-state index >= 15 is 0 Å². The second kappa shape index (κ2) is 9.93. The quantitative estimate of drug-likeness (QED) is 0.721. The summed E-state index contributed by atoms with van der Waals surface area (Å²) in [6.45, 7) is 4.31. The van der Waals surface area contributed by atoms with Crippen LogP contribution in [0, 0.1) is 0 Å². The number of unbranched alkanes of at least 4 members (excludes halogenated alkanes) is 1. The summed E-state index contributed by atoms with van der Waals surface area (Å²) >= 11 is 0. The van der Waals surface area contributed by atoms with E-state index in [0.717, 1.165) is 38.0 Å². The van der Waals surface area contributed by atoms with Crippen LogP contribution in [-0.4, -0.2) is 24.9 Å². The molecule has 0 aliphatic carbocycles. The van der Waals surface area contributed by atoms with Crippen LogP contribution in [0.2, 0.25) is 0 Å². The van der Waals surface area contributed by atoms with Crippen molar-refractivity contribution in [3.63, 3.8) is 0 Å². The Kier molecular flexibility index (Phi) is 7.06. The van der Waals surface area contributed by atoms with Gasteiger partial charge in [-0.3, -0.25) is 9.59 Å². The first kappa shape index (κ1) is 19.9. The monoisotopic (exact) mass is 379 g/mol. The number of amides is 2. The molecule has 148 valence electrons. The third kappa shape index (κ3) is 5.59. The van der Waals surface area contributed by atoms with Crippen molar-refractivity contribution in [2.24, 2.45) is 0 Å². The summed E-state index contributed by atoms with van der Waals surface area (Å²) in [5, 5.41) is 5.31. The van der Waals surface area contributed by atoms with Gasteiger partial charge < -0.3 is 15.5 Å². The summed E-state index contributed by atoms with van der Waals surface area (Å²) in [7, 11) is 0. The van der Waals surface area contributed by atoms with Crippen molar-refractivity contribution in [3.8, 4) is 0 Å². The molecule has 0 radical (unpaired) electrons. The van der Waals surface area contributed by atoms with Gasteiger partial charge in [0, 0.05) is 30.2 Å². The van der Waals surface area contributed by atoms with Crippen LogP contribution in [0.1, 0.15) is 44.6 Å². The van der Waals surface area contributed by atoms with Crippen LogP contribution in [0.5, 0.6) is 0 Å².